The van der Waals surface area contributed by atoms with Crippen LogP contribution in [0.5, 0.6) is 0 Å². The number of anilines is 1. The Bertz CT molecular complexity index is 559. The second-order valence-electron chi connectivity index (χ2n) is 4.68. The Balaban J connectivity index is 1.74. The molecule has 0 bridgehead atoms. The predicted octanol–water partition coefficient (Wildman–Crippen LogP) is 2.70. The summed E-state index contributed by atoms with van der Waals surface area (Å²) in [6.45, 7) is 1.71. The van der Waals surface area contributed by atoms with E-state index < -0.39 is 0 Å². The van der Waals surface area contributed by atoms with Gasteiger partial charge < -0.3 is 10.2 Å². The van der Waals surface area contributed by atoms with Crippen molar-refractivity contribution < 1.29 is 4.79 Å². The fraction of sp³-hybridized carbons (Fsp3) is 0.286. The summed E-state index contributed by atoms with van der Waals surface area (Å²) < 4.78 is 0. The number of likely N-dealkylation sites (tertiary alicyclic amines) is 1. The molecule has 19 heavy (non-hydrogen) atoms. The van der Waals surface area contributed by atoms with Gasteiger partial charge in [-0.2, -0.15) is 5.10 Å². The molecule has 3 rings (SSSR count). The zero-order valence-corrected chi connectivity index (χ0v) is 10.6. The molecule has 0 radical (unpaired) electrons. The first-order valence-corrected chi connectivity index (χ1v) is 6.49. The molecule has 1 saturated heterocycles. The van der Waals surface area contributed by atoms with Gasteiger partial charge in [-0.15, -0.1) is 0 Å². The number of aromatic amines is 1. The maximum atomic E-state index is 12.0. The number of hydrogen-bond donors (Lipinski definition) is 2. The number of nitrogens with one attached hydrogen (secondary N) is 2. The summed E-state index contributed by atoms with van der Waals surface area (Å²) in [5.74, 6) is 0. The molecule has 2 heterocycles. The lowest BCUT2D eigenvalue weighted by Gasteiger charge is -2.16. The van der Waals surface area contributed by atoms with Gasteiger partial charge in [0.15, 0.2) is 0 Å². The maximum absolute atomic E-state index is 12.0. The van der Waals surface area contributed by atoms with E-state index in [-0.39, 0.29) is 6.03 Å². The van der Waals surface area contributed by atoms with E-state index in [1.807, 2.05) is 35.2 Å². The molecule has 5 nitrogen and oxygen atoms in total. The monoisotopic (exact) mass is 256 g/mol. The van der Waals surface area contributed by atoms with E-state index in [0.717, 1.165) is 42.9 Å². The fourth-order valence-corrected chi connectivity index (χ4v) is 2.30. The Labute approximate surface area is 111 Å². The second-order valence-corrected chi connectivity index (χ2v) is 4.68. The number of rotatable bonds is 2. The van der Waals surface area contributed by atoms with E-state index in [2.05, 4.69) is 15.5 Å². The molecule has 0 atom stereocenters. The van der Waals surface area contributed by atoms with Crippen LogP contribution in [-0.4, -0.2) is 34.2 Å². The fourth-order valence-electron chi connectivity index (χ4n) is 2.30. The number of aromatic nitrogens is 2. The van der Waals surface area contributed by atoms with Crippen LogP contribution in [0.1, 0.15) is 12.8 Å². The van der Waals surface area contributed by atoms with E-state index in [1.165, 1.54) is 0 Å². The Morgan fingerprint density at radius 3 is 2.84 bits per heavy atom. The molecular weight excluding hydrogens is 240 g/mol. The lowest BCUT2D eigenvalue weighted by Crippen LogP contribution is -2.32. The first-order valence-electron chi connectivity index (χ1n) is 6.49. The van der Waals surface area contributed by atoms with Crippen LogP contribution in [0.15, 0.2) is 36.5 Å². The molecule has 0 saturated carbocycles. The van der Waals surface area contributed by atoms with Crippen molar-refractivity contribution in [2.24, 2.45) is 0 Å². The van der Waals surface area contributed by atoms with Crippen molar-refractivity contribution >= 4 is 11.7 Å². The summed E-state index contributed by atoms with van der Waals surface area (Å²) in [5, 5.41) is 9.79. The van der Waals surface area contributed by atoms with E-state index in [0.29, 0.717) is 0 Å². The summed E-state index contributed by atoms with van der Waals surface area (Å²) in [7, 11) is 0. The van der Waals surface area contributed by atoms with E-state index in [9.17, 15) is 4.79 Å². The zero-order chi connectivity index (χ0) is 13.1. The first-order chi connectivity index (χ1) is 9.33. The quantitative estimate of drug-likeness (QED) is 0.867. The maximum Gasteiger partial charge on any atom is 0.321 e. The number of benzene rings is 1. The Morgan fingerprint density at radius 2 is 2.11 bits per heavy atom. The van der Waals surface area contributed by atoms with Crippen LogP contribution >= 0.6 is 0 Å². The lowest BCUT2D eigenvalue weighted by molar-refractivity contribution is 0.222. The summed E-state index contributed by atoms with van der Waals surface area (Å²) in [4.78, 5) is 13.9. The van der Waals surface area contributed by atoms with Gasteiger partial charge in [0.05, 0.1) is 5.69 Å². The van der Waals surface area contributed by atoms with Gasteiger partial charge in [0.2, 0.25) is 0 Å². The smallest absolute Gasteiger partial charge is 0.321 e. The second kappa shape index (κ2) is 5.14. The number of H-pyrrole nitrogens is 1. The Hall–Kier alpha value is -2.30. The predicted molar refractivity (Wildman–Crippen MR) is 73.8 cm³/mol. The summed E-state index contributed by atoms with van der Waals surface area (Å²) >= 11 is 0. The Morgan fingerprint density at radius 1 is 1.26 bits per heavy atom. The molecular formula is C14H16N4O. The SMILES string of the molecule is O=C(Nc1cccc(-c2ccn[nH]2)c1)N1CCCC1. The molecule has 1 aromatic carbocycles. The molecule has 5 heteroatoms. The molecule has 0 aliphatic carbocycles. The van der Waals surface area contributed by atoms with E-state index in [4.69, 9.17) is 0 Å². The van der Waals surface area contributed by atoms with Gasteiger partial charge in [0.1, 0.15) is 0 Å². The van der Waals surface area contributed by atoms with Crippen LogP contribution in [0.4, 0.5) is 10.5 Å². The van der Waals surface area contributed by atoms with Crippen molar-refractivity contribution in [1.29, 1.82) is 0 Å². The van der Waals surface area contributed by atoms with Crippen LogP contribution in [-0.2, 0) is 0 Å². The van der Waals surface area contributed by atoms with Crippen molar-refractivity contribution in [3.63, 3.8) is 0 Å². The van der Waals surface area contributed by atoms with Gasteiger partial charge in [-0.05, 0) is 31.0 Å². The van der Waals surface area contributed by atoms with Gasteiger partial charge in [0, 0.05) is 30.5 Å². The molecule has 98 valence electrons. The van der Waals surface area contributed by atoms with Gasteiger partial charge in [-0.3, -0.25) is 5.10 Å². The number of nitrogens with zero attached hydrogens (tertiary/aromatic N) is 2. The van der Waals surface area contributed by atoms with Crippen LogP contribution < -0.4 is 5.32 Å². The molecule has 0 spiro atoms. The molecule has 2 amide bonds. The zero-order valence-electron chi connectivity index (χ0n) is 10.6. The van der Waals surface area contributed by atoms with Crippen molar-refractivity contribution in [2.45, 2.75) is 12.8 Å². The number of amides is 2. The molecule has 2 N–H and O–H groups in total. The molecule has 1 aliphatic rings. The standard InChI is InChI=1S/C14H16N4O/c19-14(18-8-1-2-9-18)16-12-5-3-4-11(10-12)13-6-7-15-17-13/h3-7,10H,1-2,8-9H2,(H,15,17)(H,16,19). The van der Waals surface area contributed by atoms with Gasteiger partial charge in [0.25, 0.3) is 0 Å². The Kier molecular flexibility index (Phi) is 3.18. The minimum absolute atomic E-state index is 0.0146. The highest BCUT2D eigenvalue weighted by Crippen LogP contribution is 2.21. The number of carbonyl (C=O) groups is 1. The minimum atomic E-state index is -0.0146. The van der Waals surface area contributed by atoms with Gasteiger partial charge >= 0.3 is 6.03 Å². The van der Waals surface area contributed by atoms with E-state index >= 15 is 0 Å². The first kappa shape index (κ1) is 11.8. The van der Waals surface area contributed by atoms with Crippen molar-refractivity contribution in [3.05, 3.63) is 36.5 Å². The van der Waals surface area contributed by atoms with Gasteiger partial charge in [-0.25, -0.2) is 4.79 Å². The highest BCUT2D eigenvalue weighted by atomic mass is 16.2. The van der Waals surface area contributed by atoms with Crippen molar-refractivity contribution in [1.82, 2.24) is 15.1 Å². The van der Waals surface area contributed by atoms with Crippen LogP contribution in [0.2, 0.25) is 0 Å². The largest absolute Gasteiger partial charge is 0.325 e. The van der Waals surface area contributed by atoms with Crippen LogP contribution in [0, 0.1) is 0 Å². The summed E-state index contributed by atoms with van der Waals surface area (Å²) in [6.07, 6.45) is 3.91. The molecule has 1 fully saturated rings. The van der Waals surface area contributed by atoms with Gasteiger partial charge in [-0.1, -0.05) is 12.1 Å². The number of carbonyl (C=O) groups excluding carboxylic acids is 1. The third-order valence-electron chi connectivity index (χ3n) is 3.32. The van der Waals surface area contributed by atoms with Crippen molar-refractivity contribution in [3.8, 4) is 11.3 Å². The number of hydrogen-bond acceptors (Lipinski definition) is 2. The van der Waals surface area contributed by atoms with Crippen LogP contribution in [0.3, 0.4) is 0 Å². The molecule has 0 unspecified atom stereocenters. The number of urea groups is 1. The van der Waals surface area contributed by atoms with Crippen LogP contribution in [0.25, 0.3) is 11.3 Å². The minimum Gasteiger partial charge on any atom is -0.325 e. The van der Waals surface area contributed by atoms with Crippen molar-refractivity contribution in [2.75, 3.05) is 18.4 Å². The summed E-state index contributed by atoms with van der Waals surface area (Å²) in [6, 6.07) is 9.64. The summed E-state index contributed by atoms with van der Waals surface area (Å²) in [5.41, 5.74) is 2.76. The lowest BCUT2D eigenvalue weighted by atomic mass is 10.1. The highest BCUT2D eigenvalue weighted by molar-refractivity contribution is 5.90. The highest BCUT2D eigenvalue weighted by Gasteiger charge is 2.17. The molecule has 1 aromatic heterocycles. The normalized spacial score (nSPS) is 14.6. The average molecular weight is 256 g/mol. The van der Waals surface area contributed by atoms with E-state index in [1.54, 1.807) is 6.20 Å². The molecule has 2 aromatic rings. The average Bonchev–Trinajstić information content (AvgIpc) is 3.13. The third-order valence-corrected chi connectivity index (χ3v) is 3.32. The topological polar surface area (TPSA) is 61.0 Å². The molecule has 1 aliphatic heterocycles. The third kappa shape index (κ3) is 2.59.